The zero-order valence-corrected chi connectivity index (χ0v) is 14.4. The molecule has 1 aliphatic rings. The molecule has 0 aliphatic heterocycles. The Kier molecular flexibility index (Phi) is 4.09. The standard InChI is InChI=1S/C18H24N6O/c1-2-24-10-12(9-21-24)17-16-11(8-20-18(16)25)7-15(23-17)22-14-6-4-3-5-13(14)19/h7-10,13-14,20,22,25H,2-6,19H2,1H3/t13-,14+/m0/s1. The third-order valence-electron chi connectivity index (χ3n) is 5.03. The van der Waals surface area contributed by atoms with E-state index in [1.807, 2.05) is 23.9 Å². The summed E-state index contributed by atoms with van der Waals surface area (Å²) in [5.74, 6) is 0.913. The lowest BCUT2D eigenvalue weighted by Gasteiger charge is -2.29. The van der Waals surface area contributed by atoms with E-state index < -0.39 is 0 Å². The van der Waals surface area contributed by atoms with E-state index in [9.17, 15) is 5.11 Å². The number of H-pyrrole nitrogens is 1. The summed E-state index contributed by atoms with van der Waals surface area (Å²) < 4.78 is 1.85. The maximum atomic E-state index is 10.2. The van der Waals surface area contributed by atoms with Crippen LogP contribution in [0.1, 0.15) is 32.6 Å². The van der Waals surface area contributed by atoms with Crippen LogP contribution in [0.3, 0.4) is 0 Å². The van der Waals surface area contributed by atoms with Crippen LogP contribution < -0.4 is 11.1 Å². The first-order chi connectivity index (χ1) is 12.2. The van der Waals surface area contributed by atoms with E-state index in [1.54, 1.807) is 12.4 Å². The SMILES string of the molecule is CCn1cc(-c2nc(N[C@@H]3CCCC[C@@H]3N)cc3c[nH]c(O)c23)cn1. The van der Waals surface area contributed by atoms with Crippen LogP contribution >= 0.6 is 0 Å². The van der Waals surface area contributed by atoms with Crippen LogP contribution in [0.25, 0.3) is 22.0 Å². The smallest absolute Gasteiger partial charge is 0.198 e. The highest BCUT2D eigenvalue weighted by Crippen LogP contribution is 2.35. The molecule has 3 aromatic rings. The molecule has 3 aromatic heterocycles. The lowest BCUT2D eigenvalue weighted by molar-refractivity contribution is 0.403. The summed E-state index contributed by atoms with van der Waals surface area (Å²) >= 11 is 0. The number of fused-ring (bicyclic) bond motifs is 1. The molecule has 0 aromatic carbocycles. The highest BCUT2D eigenvalue weighted by molar-refractivity contribution is 5.99. The van der Waals surface area contributed by atoms with E-state index in [0.29, 0.717) is 5.39 Å². The zero-order valence-electron chi connectivity index (χ0n) is 14.4. The van der Waals surface area contributed by atoms with Gasteiger partial charge in [-0.2, -0.15) is 5.10 Å². The summed E-state index contributed by atoms with van der Waals surface area (Å²) in [7, 11) is 0. The summed E-state index contributed by atoms with van der Waals surface area (Å²) in [6.07, 6.45) is 10.0. The molecule has 7 heteroatoms. The van der Waals surface area contributed by atoms with Crippen molar-refractivity contribution in [2.45, 2.75) is 51.2 Å². The minimum absolute atomic E-state index is 0.127. The Morgan fingerprint density at radius 1 is 1.40 bits per heavy atom. The van der Waals surface area contributed by atoms with Gasteiger partial charge in [0.1, 0.15) is 5.82 Å². The van der Waals surface area contributed by atoms with E-state index in [2.05, 4.69) is 15.4 Å². The van der Waals surface area contributed by atoms with Crippen molar-refractivity contribution in [1.29, 1.82) is 0 Å². The van der Waals surface area contributed by atoms with Gasteiger partial charge >= 0.3 is 0 Å². The van der Waals surface area contributed by atoms with Crippen molar-refractivity contribution in [2.24, 2.45) is 5.73 Å². The number of aromatic amines is 1. The molecule has 1 fully saturated rings. The minimum atomic E-state index is 0.127. The lowest BCUT2D eigenvalue weighted by Crippen LogP contribution is -2.42. The van der Waals surface area contributed by atoms with Crippen LogP contribution in [-0.4, -0.2) is 36.9 Å². The van der Waals surface area contributed by atoms with Crippen LogP contribution in [0.15, 0.2) is 24.7 Å². The Labute approximate surface area is 146 Å². The van der Waals surface area contributed by atoms with Crippen molar-refractivity contribution in [3.63, 3.8) is 0 Å². The van der Waals surface area contributed by atoms with Crippen LogP contribution in [0.5, 0.6) is 5.88 Å². The van der Waals surface area contributed by atoms with Gasteiger partial charge in [-0.1, -0.05) is 12.8 Å². The van der Waals surface area contributed by atoms with Gasteiger partial charge in [-0.05, 0) is 25.8 Å². The zero-order chi connectivity index (χ0) is 17.4. The highest BCUT2D eigenvalue weighted by Gasteiger charge is 2.23. The number of rotatable bonds is 4. The van der Waals surface area contributed by atoms with Crippen molar-refractivity contribution in [3.8, 4) is 17.1 Å². The molecule has 132 valence electrons. The number of aromatic hydroxyl groups is 1. The number of pyridine rings is 1. The van der Waals surface area contributed by atoms with Crippen molar-refractivity contribution >= 4 is 16.6 Å². The van der Waals surface area contributed by atoms with E-state index in [-0.39, 0.29) is 18.0 Å². The molecule has 5 N–H and O–H groups in total. The average Bonchev–Trinajstić information content (AvgIpc) is 3.24. The molecule has 0 spiro atoms. The molecule has 0 radical (unpaired) electrons. The maximum absolute atomic E-state index is 10.2. The summed E-state index contributed by atoms with van der Waals surface area (Å²) in [4.78, 5) is 7.66. The van der Waals surface area contributed by atoms with Gasteiger partial charge in [-0.15, -0.1) is 0 Å². The van der Waals surface area contributed by atoms with Gasteiger partial charge in [0.15, 0.2) is 5.88 Å². The van der Waals surface area contributed by atoms with Crippen LogP contribution in [0.2, 0.25) is 0 Å². The number of aromatic nitrogens is 4. The van der Waals surface area contributed by atoms with E-state index >= 15 is 0 Å². The minimum Gasteiger partial charge on any atom is -0.494 e. The molecule has 3 heterocycles. The van der Waals surface area contributed by atoms with Gasteiger partial charge < -0.3 is 21.1 Å². The molecule has 0 saturated heterocycles. The monoisotopic (exact) mass is 340 g/mol. The van der Waals surface area contributed by atoms with E-state index in [0.717, 1.165) is 41.8 Å². The maximum Gasteiger partial charge on any atom is 0.198 e. The number of nitrogens with two attached hydrogens (primary N) is 1. The van der Waals surface area contributed by atoms with Crippen molar-refractivity contribution in [2.75, 3.05) is 5.32 Å². The Balaban J connectivity index is 1.76. The fraction of sp³-hybridized carbons (Fsp3) is 0.444. The van der Waals surface area contributed by atoms with Gasteiger partial charge in [-0.3, -0.25) is 4.68 Å². The van der Waals surface area contributed by atoms with Gasteiger partial charge in [-0.25, -0.2) is 4.98 Å². The van der Waals surface area contributed by atoms with Gasteiger partial charge in [0.2, 0.25) is 0 Å². The molecule has 0 bridgehead atoms. The first-order valence-corrected chi connectivity index (χ1v) is 8.91. The molecular weight excluding hydrogens is 316 g/mol. The molecule has 25 heavy (non-hydrogen) atoms. The molecular formula is C18H24N6O. The fourth-order valence-corrected chi connectivity index (χ4v) is 3.62. The van der Waals surface area contributed by atoms with Crippen molar-refractivity contribution in [3.05, 3.63) is 24.7 Å². The highest BCUT2D eigenvalue weighted by atomic mass is 16.3. The van der Waals surface area contributed by atoms with Crippen molar-refractivity contribution < 1.29 is 5.11 Å². The van der Waals surface area contributed by atoms with Crippen LogP contribution in [0.4, 0.5) is 5.82 Å². The van der Waals surface area contributed by atoms with Gasteiger partial charge in [0.05, 0.1) is 17.3 Å². The molecule has 2 atom stereocenters. The van der Waals surface area contributed by atoms with E-state index in [1.165, 1.54) is 12.8 Å². The predicted octanol–water partition coefficient (Wildman–Crippen LogP) is 2.83. The molecule has 7 nitrogen and oxygen atoms in total. The summed E-state index contributed by atoms with van der Waals surface area (Å²) in [6, 6.07) is 2.34. The second-order valence-electron chi connectivity index (χ2n) is 6.74. The van der Waals surface area contributed by atoms with E-state index in [4.69, 9.17) is 10.7 Å². The molecule has 0 amide bonds. The quantitative estimate of drug-likeness (QED) is 0.584. The Bertz CT molecular complexity index is 883. The first kappa shape index (κ1) is 16.0. The number of anilines is 1. The summed E-state index contributed by atoms with van der Waals surface area (Å²) in [5.41, 5.74) is 7.88. The number of aryl methyl sites for hydroxylation is 1. The topological polar surface area (TPSA) is 105 Å². The second kappa shape index (κ2) is 6.40. The largest absolute Gasteiger partial charge is 0.494 e. The molecule has 4 rings (SSSR count). The predicted molar refractivity (Wildman–Crippen MR) is 98.5 cm³/mol. The molecule has 1 aliphatic carbocycles. The van der Waals surface area contributed by atoms with Gasteiger partial charge in [0, 0.05) is 42.0 Å². The summed E-state index contributed by atoms with van der Waals surface area (Å²) in [5, 5.41) is 19.7. The number of nitrogens with zero attached hydrogens (tertiary/aromatic N) is 3. The lowest BCUT2D eigenvalue weighted by atomic mass is 9.91. The normalized spacial score (nSPS) is 20.9. The van der Waals surface area contributed by atoms with Crippen LogP contribution in [0, 0.1) is 0 Å². The molecule has 0 unspecified atom stereocenters. The third-order valence-corrected chi connectivity index (χ3v) is 5.03. The molecule has 1 saturated carbocycles. The summed E-state index contributed by atoms with van der Waals surface area (Å²) in [6.45, 7) is 2.83. The third kappa shape index (κ3) is 2.95. The number of nitrogens with one attached hydrogen (secondary N) is 2. The van der Waals surface area contributed by atoms with Gasteiger partial charge in [0.25, 0.3) is 0 Å². The Morgan fingerprint density at radius 3 is 3.00 bits per heavy atom. The second-order valence-corrected chi connectivity index (χ2v) is 6.74. The average molecular weight is 340 g/mol. The Hall–Kier alpha value is -2.54. The number of hydrogen-bond donors (Lipinski definition) is 4. The van der Waals surface area contributed by atoms with Crippen LogP contribution in [-0.2, 0) is 6.54 Å². The fourth-order valence-electron chi connectivity index (χ4n) is 3.62. The first-order valence-electron chi connectivity index (χ1n) is 8.91. The number of hydrogen-bond acceptors (Lipinski definition) is 5. The van der Waals surface area contributed by atoms with Crippen molar-refractivity contribution in [1.82, 2.24) is 19.7 Å². The Morgan fingerprint density at radius 2 is 2.24 bits per heavy atom.